The van der Waals surface area contributed by atoms with Gasteiger partial charge in [0, 0.05) is 6.42 Å². The number of hydrogen-bond donors (Lipinski definition) is 4. The van der Waals surface area contributed by atoms with Crippen LogP contribution in [0.4, 0.5) is 0 Å². The van der Waals surface area contributed by atoms with Gasteiger partial charge in [-0.15, -0.1) is 0 Å². The van der Waals surface area contributed by atoms with Crippen LogP contribution in [0.2, 0.25) is 0 Å². The molecule has 0 spiro atoms. The first-order chi connectivity index (χ1) is 26.3. The average Bonchev–Trinajstić information content (AvgIpc) is 3.51. The molecule has 4 N–H and O–H groups in total. The number of aliphatic hydroxyl groups is 4. The minimum Gasteiger partial charge on any atom is -0.463 e. The Morgan fingerprint density at radius 2 is 1.47 bits per heavy atom. The van der Waals surface area contributed by atoms with Crippen LogP contribution in [0.3, 0.4) is 0 Å². The van der Waals surface area contributed by atoms with Crippen LogP contribution in [0.1, 0.15) is 183 Å². The molecule has 55 heavy (non-hydrogen) atoms. The van der Waals surface area contributed by atoms with Crippen LogP contribution in [-0.4, -0.2) is 75.9 Å². The van der Waals surface area contributed by atoms with Crippen molar-refractivity contribution in [3.8, 4) is 0 Å². The molecule has 0 aromatic carbocycles. The maximum atomic E-state index is 12.5. The molecule has 5 rings (SSSR count). The Balaban J connectivity index is 1.09. The summed E-state index contributed by atoms with van der Waals surface area (Å²) in [5.74, 6) is 3.15. The molecule has 5 aliphatic rings. The number of ether oxygens (including phenoxy) is 3. The monoisotopic (exact) mass is 775 g/mol. The van der Waals surface area contributed by atoms with Gasteiger partial charge in [-0.1, -0.05) is 137 Å². The van der Waals surface area contributed by atoms with Crippen molar-refractivity contribution in [2.45, 2.75) is 226 Å². The predicted octanol–water partition coefficient (Wildman–Crippen LogP) is 9.44. The summed E-state index contributed by atoms with van der Waals surface area (Å²) in [6, 6.07) is 0. The fraction of sp³-hybridized carbons (Fsp3) is 0.936. The third kappa shape index (κ3) is 11.0. The molecule has 8 heteroatoms. The number of hydrogen-bond acceptors (Lipinski definition) is 8. The van der Waals surface area contributed by atoms with Crippen molar-refractivity contribution in [2.24, 2.45) is 46.3 Å². The van der Waals surface area contributed by atoms with E-state index < -0.39 is 36.8 Å². The molecule has 4 fully saturated rings. The van der Waals surface area contributed by atoms with Gasteiger partial charge in [0.2, 0.25) is 0 Å². The molecule has 0 amide bonds. The van der Waals surface area contributed by atoms with Crippen LogP contribution in [0, 0.1) is 46.3 Å². The van der Waals surface area contributed by atoms with Crippen molar-refractivity contribution in [3.63, 3.8) is 0 Å². The number of carbonyl (C=O) groups excluding carboxylic acids is 1. The van der Waals surface area contributed by atoms with Gasteiger partial charge in [0.25, 0.3) is 0 Å². The fourth-order valence-corrected chi connectivity index (χ4v) is 12.3. The molecule has 318 valence electrons. The van der Waals surface area contributed by atoms with Crippen molar-refractivity contribution in [1.82, 2.24) is 0 Å². The molecule has 1 heterocycles. The Bertz CT molecular complexity index is 1210. The Morgan fingerprint density at radius 1 is 0.800 bits per heavy atom. The van der Waals surface area contributed by atoms with Gasteiger partial charge >= 0.3 is 5.97 Å². The highest BCUT2D eigenvalue weighted by molar-refractivity contribution is 5.69. The Labute approximate surface area is 334 Å². The molecule has 0 aromatic rings. The van der Waals surface area contributed by atoms with E-state index in [2.05, 4.69) is 47.6 Å². The average molecular weight is 775 g/mol. The SMILES string of the molecule is CCCCCCCCCCCCCC(=O)OC[C@H]1O[C@H](O[C@H]2CC[C@@]3(C)C(=C[C@H](O)[C@H]4[C@@H]5CC[C@H]([C@H](C)CCCC(C)C)[C@@]5(C)CC[C@@H]43)C2)[C@@H](O)[C@@H](O)[C@@H]1O. The first-order valence-electron chi connectivity index (χ1n) is 23.2. The van der Waals surface area contributed by atoms with Gasteiger partial charge in [0.1, 0.15) is 31.0 Å². The maximum absolute atomic E-state index is 12.5. The Hall–Kier alpha value is -1.03. The van der Waals surface area contributed by atoms with E-state index in [1.165, 1.54) is 95.5 Å². The summed E-state index contributed by atoms with van der Waals surface area (Å²) >= 11 is 0. The lowest BCUT2D eigenvalue weighted by Gasteiger charge is -2.59. The number of unbranched alkanes of at least 4 members (excludes halogenated alkanes) is 10. The van der Waals surface area contributed by atoms with Crippen molar-refractivity contribution in [1.29, 1.82) is 0 Å². The highest BCUT2D eigenvalue weighted by Gasteiger charge is 2.61. The number of carbonyl (C=O) groups is 1. The van der Waals surface area contributed by atoms with Crippen LogP contribution >= 0.6 is 0 Å². The van der Waals surface area contributed by atoms with E-state index in [9.17, 15) is 25.2 Å². The summed E-state index contributed by atoms with van der Waals surface area (Å²) in [5, 5.41) is 44.2. The normalized spacial score (nSPS) is 39.3. The molecule has 0 unspecified atom stereocenters. The summed E-state index contributed by atoms with van der Waals surface area (Å²) in [4.78, 5) is 12.5. The molecular weight excluding hydrogens is 693 g/mol. The molecule has 8 nitrogen and oxygen atoms in total. The topological polar surface area (TPSA) is 126 Å². The lowest BCUT2D eigenvalue weighted by molar-refractivity contribution is -0.313. The molecule has 1 saturated heterocycles. The molecule has 3 saturated carbocycles. The van der Waals surface area contributed by atoms with Crippen molar-refractivity contribution >= 4 is 5.97 Å². The number of aliphatic hydroxyl groups excluding tert-OH is 4. The molecule has 14 atom stereocenters. The number of esters is 1. The molecule has 0 bridgehead atoms. The van der Waals surface area contributed by atoms with E-state index in [1.807, 2.05) is 0 Å². The lowest BCUT2D eigenvalue weighted by atomic mass is 9.46. The van der Waals surface area contributed by atoms with Crippen LogP contribution in [0.15, 0.2) is 11.6 Å². The molecule has 0 radical (unpaired) electrons. The summed E-state index contributed by atoms with van der Waals surface area (Å²) in [6.07, 6.45) is 19.7. The molecule has 1 aliphatic heterocycles. The molecule has 4 aliphatic carbocycles. The van der Waals surface area contributed by atoms with Gasteiger partial charge in [0.05, 0.1) is 12.2 Å². The first-order valence-corrected chi connectivity index (χ1v) is 23.2. The quantitative estimate of drug-likeness (QED) is 0.0517. The minimum atomic E-state index is -1.48. The standard InChI is InChI=1S/C47H82O8/c1-7-8-9-10-11-12-13-14-15-16-17-21-40(49)53-30-39-42(50)43(51)44(52)45(55-39)54-34-24-26-46(5)33(28-34)29-38(48)41-36-23-22-35(32(4)20-18-19-31(2)3)47(36,6)27-25-37(41)46/h29,31-32,34-39,41-45,48,50-52H,7-28,30H2,1-6H3/t32-,34+,35-,36+,37+,38+,39-,41+,42-,43+,44+,45+,46+,47-/m1/s1. The maximum Gasteiger partial charge on any atom is 0.305 e. The summed E-state index contributed by atoms with van der Waals surface area (Å²) in [7, 11) is 0. The highest BCUT2D eigenvalue weighted by atomic mass is 16.7. The van der Waals surface area contributed by atoms with E-state index in [0.717, 1.165) is 56.3 Å². The largest absolute Gasteiger partial charge is 0.463 e. The lowest BCUT2D eigenvalue weighted by Crippen LogP contribution is -2.60. The van der Waals surface area contributed by atoms with Gasteiger partial charge < -0.3 is 34.6 Å². The smallest absolute Gasteiger partial charge is 0.305 e. The van der Waals surface area contributed by atoms with Crippen LogP contribution < -0.4 is 0 Å². The summed E-state index contributed by atoms with van der Waals surface area (Å²) in [5.41, 5.74) is 1.54. The van der Waals surface area contributed by atoms with E-state index in [1.54, 1.807) is 0 Å². The summed E-state index contributed by atoms with van der Waals surface area (Å²) < 4.78 is 17.9. The fourth-order valence-electron chi connectivity index (χ4n) is 12.3. The van der Waals surface area contributed by atoms with Gasteiger partial charge in [-0.05, 0) is 97.7 Å². The molecular formula is C47H82O8. The van der Waals surface area contributed by atoms with Crippen molar-refractivity contribution in [3.05, 3.63) is 11.6 Å². The second kappa shape index (κ2) is 20.8. The van der Waals surface area contributed by atoms with Gasteiger partial charge in [-0.3, -0.25) is 4.79 Å². The predicted molar refractivity (Wildman–Crippen MR) is 218 cm³/mol. The second-order valence-corrected chi connectivity index (χ2v) is 19.9. The van der Waals surface area contributed by atoms with Crippen LogP contribution in [0.25, 0.3) is 0 Å². The number of fused-ring (bicyclic) bond motifs is 5. The molecule has 0 aromatic heterocycles. The van der Waals surface area contributed by atoms with Gasteiger partial charge in [0.15, 0.2) is 6.29 Å². The summed E-state index contributed by atoms with van der Waals surface area (Å²) in [6.45, 7) is 14.1. The third-order valence-corrected chi connectivity index (χ3v) is 15.7. The van der Waals surface area contributed by atoms with E-state index >= 15 is 0 Å². The van der Waals surface area contributed by atoms with E-state index in [4.69, 9.17) is 14.2 Å². The van der Waals surface area contributed by atoms with Gasteiger partial charge in [-0.25, -0.2) is 0 Å². The van der Waals surface area contributed by atoms with Gasteiger partial charge in [-0.2, -0.15) is 0 Å². The van der Waals surface area contributed by atoms with Crippen molar-refractivity contribution in [2.75, 3.05) is 6.61 Å². The van der Waals surface area contributed by atoms with E-state index in [0.29, 0.717) is 30.1 Å². The van der Waals surface area contributed by atoms with Crippen LogP contribution in [-0.2, 0) is 19.0 Å². The zero-order valence-corrected chi connectivity index (χ0v) is 35.8. The second-order valence-electron chi connectivity index (χ2n) is 19.9. The van der Waals surface area contributed by atoms with Crippen molar-refractivity contribution < 1.29 is 39.4 Å². The zero-order chi connectivity index (χ0) is 39.8. The first kappa shape index (κ1) is 45.1. The zero-order valence-electron chi connectivity index (χ0n) is 35.8. The van der Waals surface area contributed by atoms with Crippen LogP contribution in [0.5, 0.6) is 0 Å². The highest BCUT2D eigenvalue weighted by Crippen LogP contribution is 2.67. The Kier molecular flexibility index (Phi) is 17.0. The third-order valence-electron chi connectivity index (χ3n) is 15.7. The number of rotatable bonds is 21. The Morgan fingerprint density at radius 3 is 2.15 bits per heavy atom. The van der Waals surface area contributed by atoms with E-state index in [-0.39, 0.29) is 30.0 Å². The minimum absolute atomic E-state index is 0.00156.